The number of ether oxygens (including phenoxy) is 3. The Kier molecular flexibility index (Phi) is 8.05. The number of rotatable bonds is 11. The first-order valence-electron chi connectivity index (χ1n) is 14.0. The van der Waals surface area contributed by atoms with Crippen LogP contribution in [0.15, 0.2) is 91.5 Å². The van der Waals surface area contributed by atoms with E-state index in [2.05, 4.69) is 10.1 Å². The molecule has 0 unspecified atom stereocenters. The summed E-state index contributed by atoms with van der Waals surface area (Å²) in [5.74, 6) is -0.00654. The number of hydrogen-bond acceptors (Lipinski definition) is 7. The summed E-state index contributed by atoms with van der Waals surface area (Å²) in [5.41, 5.74) is 6.23. The van der Waals surface area contributed by atoms with Crippen LogP contribution in [0.3, 0.4) is 0 Å². The molecule has 222 valence electrons. The third kappa shape index (κ3) is 6.14. The number of Topliss-reactive ketones (excluding diaryl/α,β-unsaturated/α-hetero) is 1. The van der Waals surface area contributed by atoms with E-state index >= 15 is 0 Å². The Balaban J connectivity index is 1.23. The zero-order valence-corrected chi connectivity index (χ0v) is 24.5. The molecule has 9 nitrogen and oxygen atoms in total. The molecule has 0 aliphatic rings. The van der Waals surface area contributed by atoms with E-state index in [0.717, 1.165) is 39.1 Å². The lowest BCUT2D eigenvalue weighted by molar-refractivity contribution is 0.0914. The molecule has 44 heavy (non-hydrogen) atoms. The van der Waals surface area contributed by atoms with Crippen molar-refractivity contribution in [1.29, 1.82) is 0 Å². The van der Waals surface area contributed by atoms with Gasteiger partial charge in [0.25, 0.3) is 0 Å². The SMILES string of the molecule is COc1ccc(C(=O)COc2ccc(Cn3cnc4cc(-c5cn(C)nc5C)cnc43)cc2OCc2ccccc2)c(F)c1. The summed E-state index contributed by atoms with van der Waals surface area (Å²) >= 11 is 0. The minimum absolute atomic E-state index is 0.0736. The van der Waals surface area contributed by atoms with Crippen LogP contribution in [0.25, 0.3) is 22.3 Å². The molecule has 3 heterocycles. The van der Waals surface area contributed by atoms with Crippen LogP contribution < -0.4 is 14.2 Å². The zero-order chi connectivity index (χ0) is 30.6. The largest absolute Gasteiger partial charge is 0.497 e. The highest BCUT2D eigenvalue weighted by atomic mass is 19.1. The molecule has 0 saturated carbocycles. The number of ketones is 1. The number of carbonyl (C=O) groups excluding carboxylic acids is 1. The molecule has 10 heteroatoms. The Morgan fingerprint density at radius 3 is 2.52 bits per heavy atom. The van der Waals surface area contributed by atoms with Crippen molar-refractivity contribution in [3.8, 4) is 28.4 Å². The normalized spacial score (nSPS) is 11.1. The molecule has 0 aliphatic carbocycles. The van der Waals surface area contributed by atoms with Gasteiger partial charge in [-0.2, -0.15) is 5.10 Å². The number of fused-ring (bicyclic) bond motifs is 1. The van der Waals surface area contributed by atoms with E-state index in [1.807, 2.05) is 79.5 Å². The van der Waals surface area contributed by atoms with E-state index < -0.39 is 11.6 Å². The van der Waals surface area contributed by atoms with Gasteiger partial charge in [-0.1, -0.05) is 36.4 Å². The minimum atomic E-state index is -0.669. The van der Waals surface area contributed by atoms with Gasteiger partial charge in [0.1, 0.15) is 23.7 Å². The first kappa shape index (κ1) is 28.6. The van der Waals surface area contributed by atoms with Crippen LogP contribution in [-0.4, -0.2) is 43.8 Å². The molecule has 3 aromatic carbocycles. The number of halogens is 1. The average molecular weight is 592 g/mol. The van der Waals surface area contributed by atoms with Crippen LogP contribution in [-0.2, 0) is 20.2 Å². The summed E-state index contributed by atoms with van der Waals surface area (Å²) in [6.07, 6.45) is 5.56. The number of aryl methyl sites for hydroxylation is 2. The Labute approximate surface area is 253 Å². The Morgan fingerprint density at radius 1 is 0.932 bits per heavy atom. The maximum absolute atomic E-state index is 14.5. The molecular formula is C34H30FN5O4. The fourth-order valence-electron chi connectivity index (χ4n) is 4.98. The maximum Gasteiger partial charge on any atom is 0.203 e. The van der Waals surface area contributed by atoms with Gasteiger partial charge in [-0.05, 0) is 48.4 Å². The lowest BCUT2D eigenvalue weighted by Crippen LogP contribution is -2.14. The highest BCUT2D eigenvalue weighted by Gasteiger charge is 2.16. The number of benzene rings is 3. The summed E-state index contributed by atoms with van der Waals surface area (Å²) in [7, 11) is 3.33. The molecular weight excluding hydrogens is 561 g/mol. The molecule has 6 aromatic rings. The number of carbonyl (C=O) groups is 1. The summed E-state index contributed by atoms with van der Waals surface area (Å²) < 4.78 is 35.3. The molecule has 3 aromatic heterocycles. The van der Waals surface area contributed by atoms with Crippen LogP contribution in [0.2, 0.25) is 0 Å². The number of imidazole rings is 1. The van der Waals surface area contributed by atoms with E-state index in [0.29, 0.717) is 30.4 Å². The van der Waals surface area contributed by atoms with Crippen molar-refractivity contribution in [3.05, 3.63) is 120 Å². The monoisotopic (exact) mass is 591 g/mol. The second kappa shape index (κ2) is 12.4. The molecule has 0 amide bonds. The molecule has 0 radical (unpaired) electrons. The Morgan fingerprint density at radius 2 is 1.77 bits per heavy atom. The van der Waals surface area contributed by atoms with Crippen molar-refractivity contribution >= 4 is 16.9 Å². The Hall–Kier alpha value is -5.51. The van der Waals surface area contributed by atoms with E-state index in [-0.39, 0.29) is 12.2 Å². The highest BCUT2D eigenvalue weighted by Crippen LogP contribution is 2.31. The second-order valence-corrected chi connectivity index (χ2v) is 10.4. The molecule has 0 spiro atoms. The lowest BCUT2D eigenvalue weighted by atomic mass is 10.1. The van der Waals surface area contributed by atoms with Gasteiger partial charge < -0.3 is 18.8 Å². The van der Waals surface area contributed by atoms with Crippen LogP contribution >= 0.6 is 0 Å². The molecule has 6 rings (SSSR count). The molecule has 0 bridgehead atoms. The van der Waals surface area contributed by atoms with Gasteiger partial charge in [-0.15, -0.1) is 0 Å². The smallest absolute Gasteiger partial charge is 0.203 e. The molecule has 0 atom stereocenters. The highest BCUT2D eigenvalue weighted by molar-refractivity contribution is 5.97. The van der Waals surface area contributed by atoms with Gasteiger partial charge in [-0.25, -0.2) is 14.4 Å². The number of hydrogen-bond donors (Lipinski definition) is 0. The van der Waals surface area contributed by atoms with Crippen molar-refractivity contribution < 1.29 is 23.4 Å². The number of nitrogens with zero attached hydrogens (tertiary/aromatic N) is 5. The number of aromatic nitrogens is 5. The number of methoxy groups -OCH3 is 1. The maximum atomic E-state index is 14.5. The van der Waals surface area contributed by atoms with Gasteiger partial charge in [0, 0.05) is 36.6 Å². The van der Waals surface area contributed by atoms with Crippen LogP contribution in [0.4, 0.5) is 4.39 Å². The quantitative estimate of drug-likeness (QED) is 0.166. The summed E-state index contributed by atoms with van der Waals surface area (Å²) in [5, 5.41) is 4.43. The van der Waals surface area contributed by atoms with E-state index in [1.165, 1.54) is 25.3 Å². The molecule has 0 N–H and O–H groups in total. The van der Waals surface area contributed by atoms with E-state index in [4.69, 9.17) is 19.2 Å². The first-order valence-corrected chi connectivity index (χ1v) is 14.0. The van der Waals surface area contributed by atoms with Crippen molar-refractivity contribution in [2.75, 3.05) is 13.7 Å². The van der Waals surface area contributed by atoms with Crippen molar-refractivity contribution in [2.45, 2.75) is 20.1 Å². The third-order valence-corrected chi connectivity index (χ3v) is 7.21. The summed E-state index contributed by atoms with van der Waals surface area (Å²) in [6, 6.07) is 21.4. The Bertz CT molecular complexity index is 1950. The third-order valence-electron chi connectivity index (χ3n) is 7.21. The second-order valence-electron chi connectivity index (χ2n) is 10.4. The van der Waals surface area contributed by atoms with Crippen molar-refractivity contribution in [3.63, 3.8) is 0 Å². The van der Waals surface area contributed by atoms with Crippen molar-refractivity contribution in [2.24, 2.45) is 7.05 Å². The average Bonchev–Trinajstić information content (AvgIpc) is 3.60. The number of pyridine rings is 1. The van der Waals surface area contributed by atoms with Crippen LogP contribution in [0.5, 0.6) is 17.2 Å². The standard InChI is InChI=1S/C34H30FN5O4/c1-22-28(18-39(2)38-22)25-14-30-34(36-16-25)40(21-37-30)17-24-9-12-32(33(13-24)43-19-23-7-5-4-6-8-23)44-20-31(41)27-11-10-26(42-3)15-29(27)35/h4-16,18,21H,17,19-20H2,1-3H3. The van der Waals surface area contributed by atoms with Gasteiger partial charge in [-0.3, -0.25) is 9.48 Å². The van der Waals surface area contributed by atoms with Gasteiger partial charge in [0.15, 0.2) is 23.8 Å². The zero-order valence-electron chi connectivity index (χ0n) is 24.5. The van der Waals surface area contributed by atoms with Crippen LogP contribution in [0, 0.1) is 12.7 Å². The fraction of sp³-hybridized carbons (Fsp3) is 0.176. The first-order chi connectivity index (χ1) is 21.4. The van der Waals surface area contributed by atoms with Gasteiger partial charge in [0.05, 0.1) is 31.2 Å². The molecule has 0 saturated heterocycles. The van der Waals surface area contributed by atoms with E-state index in [9.17, 15) is 9.18 Å². The summed E-state index contributed by atoms with van der Waals surface area (Å²) in [6.45, 7) is 2.38. The lowest BCUT2D eigenvalue weighted by Gasteiger charge is -2.15. The van der Waals surface area contributed by atoms with E-state index in [1.54, 1.807) is 17.1 Å². The molecule has 0 aliphatic heterocycles. The van der Waals surface area contributed by atoms with Crippen LogP contribution in [0.1, 0.15) is 27.2 Å². The summed E-state index contributed by atoms with van der Waals surface area (Å²) in [4.78, 5) is 22.1. The van der Waals surface area contributed by atoms with Gasteiger partial charge in [0.2, 0.25) is 5.78 Å². The predicted molar refractivity (Wildman–Crippen MR) is 164 cm³/mol. The topological polar surface area (TPSA) is 93.3 Å². The van der Waals surface area contributed by atoms with Gasteiger partial charge >= 0.3 is 0 Å². The predicted octanol–water partition coefficient (Wildman–Crippen LogP) is 6.18. The fourth-order valence-corrected chi connectivity index (χ4v) is 4.98. The minimum Gasteiger partial charge on any atom is -0.497 e. The van der Waals surface area contributed by atoms with Crippen molar-refractivity contribution in [1.82, 2.24) is 24.3 Å². The molecule has 0 fully saturated rings.